The van der Waals surface area contributed by atoms with E-state index in [1.54, 1.807) is 11.0 Å². The number of primary amides is 1. The number of benzene rings is 1. The van der Waals surface area contributed by atoms with Gasteiger partial charge in [-0.1, -0.05) is 0 Å². The second-order valence-corrected chi connectivity index (χ2v) is 5.75. The van der Waals surface area contributed by atoms with Crippen LogP contribution in [0.25, 0.3) is 5.69 Å². The zero-order valence-electron chi connectivity index (χ0n) is 13.3. The summed E-state index contributed by atoms with van der Waals surface area (Å²) in [7, 11) is 0. The highest BCUT2D eigenvalue weighted by Gasteiger charge is 2.24. The van der Waals surface area contributed by atoms with Crippen molar-refractivity contribution in [2.45, 2.75) is 18.9 Å². The van der Waals surface area contributed by atoms with Crippen molar-refractivity contribution in [3.8, 4) is 5.69 Å². The Morgan fingerprint density at radius 1 is 1.24 bits per heavy atom. The summed E-state index contributed by atoms with van der Waals surface area (Å²) in [5.41, 5.74) is 7.38. The number of amides is 1. The lowest BCUT2D eigenvalue weighted by Crippen LogP contribution is -2.17. The van der Waals surface area contributed by atoms with Gasteiger partial charge in [0.25, 0.3) is 5.91 Å². The number of carbonyl (C=O) groups excluding carboxylic acids is 1. The highest BCUT2D eigenvalue weighted by atomic mass is 16.1. The molecule has 0 aliphatic heterocycles. The van der Waals surface area contributed by atoms with Crippen LogP contribution in [-0.4, -0.2) is 36.7 Å². The molecule has 1 saturated carbocycles. The summed E-state index contributed by atoms with van der Waals surface area (Å²) >= 11 is 0. The van der Waals surface area contributed by atoms with Crippen molar-refractivity contribution >= 4 is 23.4 Å². The average molecular weight is 336 g/mol. The van der Waals surface area contributed by atoms with Crippen LogP contribution in [0.2, 0.25) is 0 Å². The maximum absolute atomic E-state index is 11.5. The minimum Gasteiger partial charge on any atom is -0.367 e. The molecule has 1 amide bonds. The number of hydrogen-bond donors (Lipinski definition) is 3. The first kappa shape index (κ1) is 15.1. The molecule has 1 aromatic carbocycles. The number of carbonyl (C=O) groups is 1. The Morgan fingerprint density at radius 2 is 2.04 bits per heavy atom. The molecule has 1 aliphatic carbocycles. The third-order valence-electron chi connectivity index (χ3n) is 3.78. The van der Waals surface area contributed by atoms with Crippen LogP contribution in [-0.2, 0) is 0 Å². The van der Waals surface area contributed by atoms with Crippen molar-refractivity contribution in [2.24, 2.45) is 5.73 Å². The standard InChI is InChI=1S/C16H16N8O/c17-14(25)13-7-19-16(23-15(13)21-10-1-2-10)22-11-3-5-12(6-4-11)24-9-18-8-20-24/h3-10H,1-2H2,(H2,17,25)(H2,19,21,22,23). The van der Waals surface area contributed by atoms with Crippen LogP contribution in [0.1, 0.15) is 23.2 Å². The van der Waals surface area contributed by atoms with Gasteiger partial charge in [0.2, 0.25) is 5.95 Å². The van der Waals surface area contributed by atoms with Crippen LogP contribution in [0, 0.1) is 0 Å². The summed E-state index contributed by atoms with van der Waals surface area (Å²) in [6, 6.07) is 7.92. The number of rotatable bonds is 6. The van der Waals surface area contributed by atoms with Gasteiger partial charge in [0, 0.05) is 17.9 Å². The zero-order valence-corrected chi connectivity index (χ0v) is 13.3. The number of nitrogens with two attached hydrogens (primary N) is 1. The Morgan fingerprint density at radius 3 is 2.68 bits per heavy atom. The van der Waals surface area contributed by atoms with Crippen LogP contribution in [0.5, 0.6) is 0 Å². The normalized spacial score (nSPS) is 13.4. The van der Waals surface area contributed by atoms with Gasteiger partial charge in [-0.2, -0.15) is 10.1 Å². The smallest absolute Gasteiger partial charge is 0.254 e. The predicted molar refractivity (Wildman–Crippen MR) is 91.8 cm³/mol. The van der Waals surface area contributed by atoms with Gasteiger partial charge in [0.15, 0.2) is 0 Å². The fourth-order valence-electron chi connectivity index (χ4n) is 2.32. The summed E-state index contributed by atoms with van der Waals surface area (Å²) in [5, 5.41) is 10.4. The maximum Gasteiger partial charge on any atom is 0.254 e. The Hall–Kier alpha value is -3.49. The first-order chi connectivity index (χ1) is 12.2. The molecule has 9 nitrogen and oxygen atoms in total. The largest absolute Gasteiger partial charge is 0.367 e. The Bertz CT molecular complexity index is 887. The van der Waals surface area contributed by atoms with Gasteiger partial charge in [0.05, 0.1) is 11.3 Å². The van der Waals surface area contributed by atoms with E-state index in [4.69, 9.17) is 5.73 Å². The van der Waals surface area contributed by atoms with Gasteiger partial charge in [-0.3, -0.25) is 4.79 Å². The van der Waals surface area contributed by atoms with Gasteiger partial charge in [-0.25, -0.2) is 14.6 Å². The van der Waals surface area contributed by atoms with Gasteiger partial charge < -0.3 is 16.4 Å². The van der Waals surface area contributed by atoms with Crippen LogP contribution in [0.3, 0.4) is 0 Å². The van der Waals surface area contributed by atoms with E-state index in [9.17, 15) is 4.79 Å². The molecule has 126 valence electrons. The number of nitrogens with zero attached hydrogens (tertiary/aromatic N) is 5. The molecule has 0 atom stereocenters. The van der Waals surface area contributed by atoms with Crippen LogP contribution in [0.15, 0.2) is 43.1 Å². The Balaban J connectivity index is 1.54. The number of aromatic nitrogens is 5. The summed E-state index contributed by atoms with van der Waals surface area (Å²) in [5.74, 6) is 0.306. The Labute approximate surface area is 143 Å². The number of anilines is 3. The molecular formula is C16H16N8O. The summed E-state index contributed by atoms with van der Waals surface area (Å²) in [6.07, 6.45) is 6.67. The molecule has 25 heavy (non-hydrogen) atoms. The molecule has 0 bridgehead atoms. The topological polar surface area (TPSA) is 124 Å². The molecule has 1 aliphatic rings. The van der Waals surface area contributed by atoms with Crippen molar-refractivity contribution < 1.29 is 4.79 Å². The first-order valence-corrected chi connectivity index (χ1v) is 7.84. The Kier molecular flexibility index (Phi) is 3.73. The second-order valence-electron chi connectivity index (χ2n) is 5.75. The molecule has 9 heteroatoms. The van der Waals surface area contributed by atoms with Gasteiger partial charge in [-0.05, 0) is 37.1 Å². The first-order valence-electron chi connectivity index (χ1n) is 7.84. The van der Waals surface area contributed by atoms with E-state index < -0.39 is 5.91 Å². The van der Waals surface area contributed by atoms with Gasteiger partial charge in [0.1, 0.15) is 18.5 Å². The SMILES string of the molecule is NC(=O)c1cnc(Nc2ccc(-n3cncn3)cc2)nc1NC1CC1. The molecule has 0 spiro atoms. The molecule has 0 radical (unpaired) electrons. The van der Waals surface area contributed by atoms with E-state index in [-0.39, 0.29) is 0 Å². The fraction of sp³-hybridized carbons (Fsp3) is 0.188. The molecular weight excluding hydrogens is 320 g/mol. The molecule has 4 rings (SSSR count). The molecule has 4 N–H and O–H groups in total. The van der Waals surface area contributed by atoms with Gasteiger partial charge in [-0.15, -0.1) is 0 Å². The zero-order chi connectivity index (χ0) is 17.2. The maximum atomic E-state index is 11.5. The quantitative estimate of drug-likeness (QED) is 0.622. The van der Waals surface area contributed by atoms with Crippen molar-refractivity contribution in [1.82, 2.24) is 24.7 Å². The summed E-state index contributed by atoms with van der Waals surface area (Å²) in [4.78, 5) is 24.0. The minimum atomic E-state index is -0.549. The van der Waals surface area contributed by atoms with E-state index in [1.165, 1.54) is 12.5 Å². The summed E-state index contributed by atoms with van der Waals surface area (Å²) < 4.78 is 1.67. The average Bonchev–Trinajstić information content (AvgIpc) is 3.25. The monoisotopic (exact) mass is 336 g/mol. The lowest BCUT2D eigenvalue weighted by Gasteiger charge is -2.11. The molecule has 1 fully saturated rings. The predicted octanol–water partition coefficient (Wildman–Crippen LogP) is 1.47. The summed E-state index contributed by atoms with van der Waals surface area (Å²) in [6.45, 7) is 0. The van der Waals surface area contributed by atoms with Crippen LogP contribution in [0.4, 0.5) is 17.5 Å². The van der Waals surface area contributed by atoms with Crippen LogP contribution < -0.4 is 16.4 Å². The molecule has 0 unspecified atom stereocenters. The highest BCUT2D eigenvalue weighted by Crippen LogP contribution is 2.26. The van der Waals surface area contributed by atoms with E-state index in [0.29, 0.717) is 23.4 Å². The van der Waals surface area contributed by atoms with Gasteiger partial charge >= 0.3 is 0 Å². The minimum absolute atomic E-state index is 0.291. The lowest BCUT2D eigenvalue weighted by molar-refractivity contribution is 0.100. The van der Waals surface area contributed by atoms with Crippen LogP contribution >= 0.6 is 0 Å². The van der Waals surface area contributed by atoms with Crippen molar-refractivity contribution in [1.29, 1.82) is 0 Å². The molecule has 3 aromatic rings. The fourth-order valence-corrected chi connectivity index (χ4v) is 2.32. The second kappa shape index (κ2) is 6.19. The number of nitrogens with one attached hydrogen (secondary N) is 2. The van der Waals surface area contributed by atoms with Crippen molar-refractivity contribution in [3.63, 3.8) is 0 Å². The van der Waals surface area contributed by atoms with E-state index >= 15 is 0 Å². The molecule has 2 aromatic heterocycles. The third-order valence-corrected chi connectivity index (χ3v) is 3.78. The molecule has 0 saturated heterocycles. The third kappa shape index (κ3) is 3.39. The highest BCUT2D eigenvalue weighted by molar-refractivity contribution is 5.97. The number of hydrogen-bond acceptors (Lipinski definition) is 7. The van der Waals surface area contributed by atoms with E-state index in [1.807, 2.05) is 24.3 Å². The molecule has 2 heterocycles. The van der Waals surface area contributed by atoms with Crippen molar-refractivity contribution in [3.05, 3.63) is 48.7 Å². The van der Waals surface area contributed by atoms with Crippen molar-refractivity contribution in [2.75, 3.05) is 10.6 Å². The lowest BCUT2D eigenvalue weighted by atomic mass is 10.3. The van der Waals surface area contributed by atoms with E-state index in [0.717, 1.165) is 24.2 Å². The van der Waals surface area contributed by atoms with E-state index in [2.05, 4.69) is 30.7 Å².